The van der Waals surface area contributed by atoms with E-state index in [1.807, 2.05) is 6.92 Å². The van der Waals surface area contributed by atoms with Crippen molar-refractivity contribution in [2.75, 3.05) is 6.54 Å². The van der Waals surface area contributed by atoms with Gasteiger partial charge in [-0.2, -0.15) is 4.80 Å². The molecule has 0 radical (unpaired) electrons. The highest BCUT2D eigenvalue weighted by molar-refractivity contribution is 5.30. The molecule has 0 bridgehead atoms. The predicted octanol–water partition coefficient (Wildman–Crippen LogP) is 1.94. The molecule has 6 heteroatoms. The van der Waals surface area contributed by atoms with Gasteiger partial charge in [0.05, 0.1) is 7.05 Å². The van der Waals surface area contributed by atoms with Crippen LogP contribution < -0.4 is 5.32 Å². The third-order valence-electron chi connectivity index (χ3n) is 3.19. The van der Waals surface area contributed by atoms with Crippen molar-refractivity contribution in [2.24, 2.45) is 7.05 Å². The predicted molar refractivity (Wildman–Crippen MR) is 74.7 cm³/mol. The summed E-state index contributed by atoms with van der Waals surface area (Å²) in [6.45, 7) is 4.95. The van der Waals surface area contributed by atoms with Crippen LogP contribution in [0, 0.1) is 12.7 Å². The standard InChI is InChI=1S/C14H20FN5/c1-4-7-16-13(9-14-17-19-20(3)18-14)12-8-11(15)6-5-10(12)2/h5-6,8,13,16H,4,7,9H2,1-3H3. The number of aryl methyl sites for hydroxylation is 2. The Bertz CT molecular complexity index is 566. The first-order valence-corrected chi connectivity index (χ1v) is 6.82. The first-order chi connectivity index (χ1) is 9.60. The summed E-state index contributed by atoms with van der Waals surface area (Å²) in [5.74, 6) is 0.436. The molecule has 0 aliphatic heterocycles. The van der Waals surface area contributed by atoms with E-state index >= 15 is 0 Å². The molecule has 1 atom stereocenters. The van der Waals surface area contributed by atoms with E-state index in [4.69, 9.17) is 0 Å². The number of aromatic nitrogens is 4. The SMILES string of the molecule is CCCNC(Cc1nnn(C)n1)c1cc(F)ccc1C. The fourth-order valence-electron chi connectivity index (χ4n) is 2.19. The van der Waals surface area contributed by atoms with Crippen molar-refractivity contribution >= 4 is 0 Å². The number of hydrogen-bond donors (Lipinski definition) is 1. The lowest BCUT2D eigenvalue weighted by atomic mass is 9.98. The summed E-state index contributed by atoms with van der Waals surface area (Å²) in [6.07, 6.45) is 1.61. The van der Waals surface area contributed by atoms with Gasteiger partial charge in [0.1, 0.15) is 5.82 Å². The smallest absolute Gasteiger partial charge is 0.176 e. The summed E-state index contributed by atoms with van der Waals surface area (Å²) < 4.78 is 13.5. The Morgan fingerprint density at radius 2 is 2.20 bits per heavy atom. The van der Waals surface area contributed by atoms with E-state index in [1.54, 1.807) is 19.2 Å². The van der Waals surface area contributed by atoms with E-state index in [9.17, 15) is 4.39 Å². The number of tetrazole rings is 1. The van der Waals surface area contributed by atoms with Gasteiger partial charge in [-0.1, -0.05) is 13.0 Å². The molecule has 2 aromatic rings. The van der Waals surface area contributed by atoms with Crippen molar-refractivity contribution in [3.8, 4) is 0 Å². The maximum absolute atomic E-state index is 13.5. The van der Waals surface area contributed by atoms with E-state index in [0.29, 0.717) is 12.2 Å². The molecule has 0 aliphatic carbocycles. The number of nitrogens with zero attached hydrogens (tertiary/aromatic N) is 4. The summed E-state index contributed by atoms with van der Waals surface area (Å²) in [7, 11) is 1.73. The lowest BCUT2D eigenvalue weighted by molar-refractivity contribution is 0.510. The molecule has 1 aromatic carbocycles. The fourth-order valence-corrected chi connectivity index (χ4v) is 2.19. The number of rotatable bonds is 6. The van der Waals surface area contributed by atoms with E-state index in [0.717, 1.165) is 24.1 Å². The van der Waals surface area contributed by atoms with Crippen LogP contribution in [0.3, 0.4) is 0 Å². The van der Waals surface area contributed by atoms with Gasteiger partial charge in [-0.25, -0.2) is 4.39 Å². The molecule has 2 rings (SSSR count). The van der Waals surface area contributed by atoms with Crippen LogP contribution in [0.25, 0.3) is 0 Å². The van der Waals surface area contributed by atoms with Crippen LogP contribution in [0.1, 0.15) is 36.3 Å². The zero-order valence-electron chi connectivity index (χ0n) is 12.1. The zero-order valence-corrected chi connectivity index (χ0v) is 12.1. The highest BCUT2D eigenvalue weighted by Gasteiger charge is 2.17. The van der Waals surface area contributed by atoms with E-state index < -0.39 is 0 Å². The minimum atomic E-state index is -0.221. The first-order valence-electron chi connectivity index (χ1n) is 6.82. The Kier molecular flexibility index (Phi) is 4.79. The maximum atomic E-state index is 13.5. The van der Waals surface area contributed by atoms with E-state index in [2.05, 4.69) is 27.7 Å². The van der Waals surface area contributed by atoms with Gasteiger partial charge in [-0.3, -0.25) is 0 Å². The van der Waals surface area contributed by atoms with Gasteiger partial charge >= 0.3 is 0 Å². The van der Waals surface area contributed by atoms with E-state index in [-0.39, 0.29) is 11.9 Å². The molecule has 1 heterocycles. The topological polar surface area (TPSA) is 55.6 Å². The van der Waals surface area contributed by atoms with Crippen LogP contribution in [0.4, 0.5) is 4.39 Å². The molecule has 0 aliphatic rings. The van der Waals surface area contributed by atoms with Crippen molar-refractivity contribution in [2.45, 2.75) is 32.7 Å². The monoisotopic (exact) mass is 277 g/mol. The molecule has 1 unspecified atom stereocenters. The molecule has 1 N–H and O–H groups in total. The molecule has 5 nitrogen and oxygen atoms in total. The van der Waals surface area contributed by atoms with Gasteiger partial charge in [0.15, 0.2) is 5.82 Å². The summed E-state index contributed by atoms with van der Waals surface area (Å²) in [5.41, 5.74) is 2.01. The quantitative estimate of drug-likeness (QED) is 0.876. The van der Waals surface area contributed by atoms with Gasteiger partial charge in [-0.05, 0) is 48.4 Å². The lowest BCUT2D eigenvalue weighted by Crippen LogP contribution is -2.25. The van der Waals surface area contributed by atoms with Gasteiger partial charge in [0.25, 0.3) is 0 Å². The third-order valence-corrected chi connectivity index (χ3v) is 3.19. The Labute approximate surface area is 118 Å². The normalized spacial score (nSPS) is 12.6. The molecule has 0 saturated carbocycles. The first kappa shape index (κ1) is 14.6. The Morgan fingerprint density at radius 1 is 1.40 bits per heavy atom. The average Bonchev–Trinajstić information content (AvgIpc) is 2.83. The average molecular weight is 277 g/mol. The number of nitrogens with one attached hydrogen (secondary N) is 1. The molecule has 0 saturated heterocycles. The fraction of sp³-hybridized carbons (Fsp3) is 0.500. The third kappa shape index (κ3) is 3.60. The van der Waals surface area contributed by atoms with Crippen LogP contribution in [-0.4, -0.2) is 26.8 Å². The van der Waals surface area contributed by atoms with Crippen molar-refractivity contribution in [1.29, 1.82) is 0 Å². The zero-order chi connectivity index (χ0) is 14.5. The van der Waals surface area contributed by atoms with Crippen LogP contribution in [-0.2, 0) is 13.5 Å². The van der Waals surface area contributed by atoms with E-state index in [1.165, 1.54) is 10.9 Å². The highest BCUT2D eigenvalue weighted by atomic mass is 19.1. The van der Waals surface area contributed by atoms with Gasteiger partial charge in [-0.15, -0.1) is 10.2 Å². The Balaban J connectivity index is 2.24. The molecule has 108 valence electrons. The van der Waals surface area contributed by atoms with Crippen molar-refractivity contribution in [3.05, 3.63) is 41.0 Å². The Morgan fingerprint density at radius 3 is 2.85 bits per heavy atom. The molecule has 20 heavy (non-hydrogen) atoms. The molecule has 0 fully saturated rings. The maximum Gasteiger partial charge on any atom is 0.176 e. The second-order valence-corrected chi connectivity index (χ2v) is 4.91. The second-order valence-electron chi connectivity index (χ2n) is 4.91. The summed E-state index contributed by atoms with van der Waals surface area (Å²) in [5, 5.41) is 15.5. The molecule has 0 amide bonds. The van der Waals surface area contributed by atoms with Gasteiger partial charge in [0.2, 0.25) is 0 Å². The van der Waals surface area contributed by atoms with Crippen molar-refractivity contribution < 1.29 is 4.39 Å². The van der Waals surface area contributed by atoms with Gasteiger partial charge < -0.3 is 5.32 Å². The summed E-state index contributed by atoms with van der Waals surface area (Å²) in [4.78, 5) is 1.44. The van der Waals surface area contributed by atoms with Crippen LogP contribution in [0.5, 0.6) is 0 Å². The second kappa shape index (κ2) is 6.56. The number of benzene rings is 1. The van der Waals surface area contributed by atoms with Gasteiger partial charge in [0, 0.05) is 12.5 Å². The minimum absolute atomic E-state index is 0.00477. The number of hydrogen-bond acceptors (Lipinski definition) is 4. The molecule has 0 spiro atoms. The summed E-state index contributed by atoms with van der Waals surface area (Å²) in [6, 6.07) is 4.86. The molecule has 1 aromatic heterocycles. The van der Waals surface area contributed by atoms with Crippen molar-refractivity contribution in [3.63, 3.8) is 0 Å². The van der Waals surface area contributed by atoms with Crippen LogP contribution in [0.15, 0.2) is 18.2 Å². The Hall–Kier alpha value is -1.82. The van der Waals surface area contributed by atoms with Crippen LogP contribution >= 0.6 is 0 Å². The minimum Gasteiger partial charge on any atom is -0.310 e. The molecular formula is C14H20FN5. The lowest BCUT2D eigenvalue weighted by Gasteiger charge is -2.19. The van der Waals surface area contributed by atoms with Crippen LogP contribution in [0.2, 0.25) is 0 Å². The highest BCUT2D eigenvalue weighted by Crippen LogP contribution is 2.21. The summed E-state index contributed by atoms with van der Waals surface area (Å²) >= 11 is 0. The van der Waals surface area contributed by atoms with Crippen molar-refractivity contribution in [1.82, 2.24) is 25.5 Å². The largest absolute Gasteiger partial charge is 0.310 e. The molecular weight excluding hydrogens is 257 g/mol. The number of halogens is 1.